The third-order valence-corrected chi connectivity index (χ3v) is 5.32. The number of rotatable bonds is 3. The van der Waals surface area contributed by atoms with Gasteiger partial charge in [0.2, 0.25) is 5.91 Å². The molecule has 8 heteroatoms. The largest absolute Gasteiger partial charge is 0.368 e. The number of halogens is 1. The van der Waals surface area contributed by atoms with Crippen LogP contribution >= 0.6 is 11.6 Å². The van der Waals surface area contributed by atoms with E-state index in [2.05, 4.69) is 15.2 Å². The third kappa shape index (κ3) is 3.45. The molecule has 1 saturated heterocycles. The average molecular weight is 398 g/mol. The molecular formula is C20H20ClN5O2. The van der Waals surface area contributed by atoms with E-state index in [1.54, 1.807) is 36.1 Å². The van der Waals surface area contributed by atoms with Gasteiger partial charge in [0.1, 0.15) is 11.6 Å². The molecule has 28 heavy (non-hydrogen) atoms. The summed E-state index contributed by atoms with van der Waals surface area (Å²) >= 11 is 6.07. The highest BCUT2D eigenvalue weighted by Crippen LogP contribution is 2.21. The van der Waals surface area contributed by atoms with Crippen LogP contribution in [0.15, 0.2) is 53.3 Å². The van der Waals surface area contributed by atoms with Crippen LogP contribution < -0.4 is 10.5 Å². The van der Waals surface area contributed by atoms with Crippen LogP contribution in [0, 0.1) is 0 Å². The molecule has 144 valence electrons. The van der Waals surface area contributed by atoms with Gasteiger partial charge in [0.25, 0.3) is 5.56 Å². The lowest BCUT2D eigenvalue weighted by molar-refractivity contribution is -0.135. The van der Waals surface area contributed by atoms with E-state index in [9.17, 15) is 9.59 Å². The molecule has 2 aromatic carbocycles. The van der Waals surface area contributed by atoms with Crippen LogP contribution in [-0.2, 0) is 4.79 Å². The molecule has 0 unspecified atom stereocenters. The zero-order valence-electron chi connectivity index (χ0n) is 15.5. The summed E-state index contributed by atoms with van der Waals surface area (Å²) in [6.45, 7) is 4.25. The molecule has 0 bridgehead atoms. The van der Waals surface area contributed by atoms with Crippen molar-refractivity contribution >= 4 is 34.1 Å². The number of hydrogen-bond donors (Lipinski definition) is 0. The van der Waals surface area contributed by atoms with E-state index < -0.39 is 6.04 Å². The van der Waals surface area contributed by atoms with E-state index in [4.69, 9.17) is 11.6 Å². The monoisotopic (exact) mass is 397 g/mol. The maximum absolute atomic E-state index is 12.9. The lowest BCUT2D eigenvalue weighted by Crippen LogP contribution is -2.51. The molecule has 0 radical (unpaired) electrons. The second-order valence-corrected chi connectivity index (χ2v) is 7.26. The smallest absolute Gasteiger partial charge is 0.278 e. The SMILES string of the molecule is C[C@@H](C(=O)N1CCN(c2cccc(Cl)c2)CC1)n1nnc2ccccc2c1=O. The van der Waals surface area contributed by atoms with Gasteiger partial charge in [-0.3, -0.25) is 9.59 Å². The minimum absolute atomic E-state index is 0.127. The van der Waals surface area contributed by atoms with Gasteiger partial charge in [0, 0.05) is 36.9 Å². The van der Waals surface area contributed by atoms with Crippen LogP contribution in [0.25, 0.3) is 10.9 Å². The third-order valence-electron chi connectivity index (χ3n) is 5.08. The molecular weight excluding hydrogens is 378 g/mol. The van der Waals surface area contributed by atoms with Gasteiger partial charge in [0.15, 0.2) is 0 Å². The van der Waals surface area contributed by atoms with Gasteiger partial charge in [0.05, 0.1) is 5.39 Å². The fraction of sp³-hybridized carbons (Fsp3) is 0.300. The molecule has 1 atom stereocenters. The van der Waals surface area contributed by atoms with Crippen molar-refractivity contribution in [1.82, 2.24) is 19.9 Å². The van der Waals surface area contributed by atoms with Crippen molar-refractivity contribution in [3.8, 4) is 0 Å². The Balaban J connectivity index is 1.48. The summed E-state index contributed by atoms with van der Waals surface area (Å²) in [7, 11) is 0. The number of carbonyl (C=O) groups is 1. The maximum atomic E-state index is 12.9. The lowest BCUT2D eigenvalue weighted by atomic mass is 10.2. The average Bonchev–Trinajstić information content (AvgIpc) is 2.73. The number of amides is 1. The molecule has 0 aliphatic carbocycles. The van der Waals surface area contributed by atoms with Gasteiger partial charge in [-0.25, -0.2) is 0 Å². The molecule has 0 saturated carbocycles. The number of benzene rings is 2. The highest BCUT2D eigenvalue weighted by atomic mass is 35.5. The van der Waals surface area contributed by atoms with Crippen LogP contribution in [0.1, 0.15) is 13.0 Å². The van der Waals surface area contributed by atoms with Crippen molar-refractivity contribution in [1.29, 1.82) is 0 Å². The Labute approximate surface area is 167 Å². The normalized spacial score (nSPS) is 15.6. The van der Waals surface area contributed by atoms with Gasteiger partial charge < -0.3 is 9.80 Å². The van der Waals surface area contributed by atoms with Crippen LogP contribution in [0.5, 0.6) is 0 Å². The minimum Gasteiger partial charge on any atom is -0.368 e. The molecule has 1 aliphatic rings. The van der Waals surface area contributed by atoms with Crippen LogP contribution in [0.2, 0.25) is 5.02 Å². The Bertz CT molecular complexity index is 1080. The van der Waals surface area contributed by atoms with Crippen molar-refractivity contribution in [2.75, 3.05) is 31.1 Å². The van der Waals surface area contributed by atoms with Gasteiger partial charge in [-0.05, 0) is 37.3 Å². The molecule has 1 amide bonds. The standard InChI is InChI=1S/C20H20ClN5O2/c1-14(26-20(28)17-7-2-3-8-18(17)22-23-26)19(27)25-11-9-24(10-12-25)16-6-4-5-15(21)13-16/h2-8,13-14H,9-12H2,1H3/t14-/m0/s1. The van der Waals surface area contributed by atoms with Crippen LogP contribution in [-0.4, -0.2) is 52.0 Å². The van der Waals surface area contributed by atoms with Crippen molar-refractivity contribution in [2.45, 2.75) is 13.0 Å². The van der Waals surface area contributed by atoms with Gasteiger partial charge in [-0.1, -0.05) is 35.0 Å². The number of carbonyl (C=O) groups excluding carboxylic acids is 1. The first kappa shape index (κ1) is 18.4. The van der Waals surface area contributed by atoms with E-state index in [0.29, 0.717) is 42.1 Å². The lowest BCUT2D eigenvalue weighted by Gasteiger charge is -2.37. The summed E-state index contributed by atoms with van der Waals surface area (Å²) in [5, 5.41) is 9.20. The van der Waals surface area contributed by atoms with E-state index in [1.807, 2.05) is 24.3 Å². The molecule has 1 fully saturated rings. The van der Waals surface area contributed by atoms with Gasteiger partial charge >= 0.3 is 0 Å². The first-order chi connectivity index (χ1) is 13.5. The topological polar surface area (TPSA) is 71.3 Å². The van der Waals surface area contributed by atoms with E-state index in [1.165, 1.54) is 4.68 Å². The maximum Gasteiger partial charge on any atom is 0.278 e. The quantitative estimate of drug-likeness (QED) is 0.678. The van der Waals surface area contributed by atoms with Crippen molar-refractivity contribution in [2.24, 2.45) is 0 Å². The second-order valence-electron chi connectivity index (χ2n) is 6.82. The highest BCUT2D eigenvalue weighted by Gasteiger charge is 2.27. The Kier molecular flexibility index (Phi) is 5.00. The fourth-order valence-corrected chi connectivity index (χ4v) is 3.67. The van der Waals surface area contributed by atoms with Crippen molar-refractivity contribution in [3.05, 3.63) is 63.9 Å². The van der Waals surface area contributed by atoms with Gasteiger partial charge in [-0.15, -0.1) is 5.10 Å². The molecule has 4 rings (SSSR count). The summed E-state index contributed by atoms with van der Waals surface area (Å²) in [6.07, 6.45) is 0. The molecule has 0 spiro atoms. The summed E-state index contributed by atoms with van der Waals surface area (Å²) < 4.78 is 1.17. The molecule has 3 aromatic rings. The first-order valence-corrected chi connectivity index (χ1v) is 9.56. The van der Waals surface area contributed by atoms with E-state index >= 15 is 0 Å². The number of piperazine rings is 1. The second kappa shape index (κ2) is 7.59. The van der Waals surface area contributed by atoms with Crippen LogP contribution in [0.4, 0.5) is 5.69 Å². The number of anilines is 1. The number of nitrogens with zero attached hydrogens (tertiary/aromatic N) is 5. The molecule has 2 heterocycles. The minimum atomic E-state index is -0.706. The Hall–Kier alpha value is -2.93. The predicted molar refractivity (Wildman–Crippen MR) is 109 cm³/mol. The Morgan fingerprint density at radius 1 is 1.07 bits per heavy atom. The Morgan fingerprint density at radius 3 is 2.57 bits per heavy atom. The number of fused-ring (bicyclic) bond motifs is 1. The Morgan fingerprint density at radius 2 is 1.82 bits per heavy atom. The fourth-order valence-electron chi connectivity index (χ4n) is 3.48. The molecule has 0 N–H and O–H groups in total. The molecule has 1 aliphatic heterocycles. The first-order valence-electron chi connectivity index (χ1n) is 9.18. The summed E-state index contributed by atoms with van der Waals surface area (Å²) in [5.41, 5.74) is 1.27. The van der Waals surface area contributed by atoms with Crippen molar-refractivity contribution in [3.63, 3.8) is 0 Å². The van der Waals surface area contributed by atoms with Crippen molar-refractivity contribution < 1.29 is 4.79 Å². The number of hydrogen-bond acceptors (Lipinski definition) is 5. The molecule has 7 nitrogen and oxygen atoms in total. The zero-order chi connectivity index (χ0) is 19.7. The van der Waals surface area contributed by atoms with E-state index in [-0.39, 0.29) is 11.5 Å². The highest BCUT2D eigenvalue weighted by molar-refractivity contribution is 6.30. The summed E-state index contributed by atoms with van der Waals surface area (Å²) in [4.78, 5) is 29.6. The molecule has 1 aromatic heterocycles. The summed E-state index contributed by atoms with van der Waals surface area (Å²) in [6, 6.07) is 14.0. The summed E-state index contributed by atoms with van der Waals surface area (Å²) in [5.74, 6) is -0.127. The van der Waals surface area contributed by atoms with E-state index in [0.717, 1.165) is 5.69 Å². The zero-order valence-corrected chi connectivity index (χ0v) is 16.2. The van der Waals surface area contributed by atoms with Gasteiger partial charge in [-0.2, -0.15) is 4.68 Å². The van der Waals surface area contributed by atoms with Crippen LogP contribution in [0.3, 0.4) is 0 Å². The predicted octanol–water partition coefficient (Wildman–Crippen LogP) is 2.35. The number of aromatic nitrogens is 3.